The maximum Gasteiger partial charge on any atom is 0.115 e. The highest BCUT2D eigenvalue weighted by Gasteiger charge is 2.10. The molecule has 0 amide bonds. The minimum absolute atomic E-state index is 0.230. The van der Waals surface area contributed by atoms with E-state index in [0.717, 1.165) is 5.56 Å². The van der Waals surface area contributed by atoms with Gasteiger partial charge in [-0.3, -0.25) is 0 Å². The Kier molecular flexibility index (Phi) is 2.94. The average Bonchev–Trinajstić information content (AvgIpc) is 2.09. The Hall–Kier alpha value is -1.01. The van der Waals surface area contributed by atoms with Crippen molar-refractivity contribution in [2.45, 2.75) is 6.16 Å². The van der Waals surface area contributed by atoms with Crippen molar-refractivity contribution in [1.82, 2.24) is 0 Å². The molecule has 0 radical (unpaired) electrons. The predicted octanol–water partition coefficient (Wildman–Crippen LogP) is 3.03. The van der Waals surface area contributed by atoms with Crippen molar-refractivity contribution in [2.75, 3.05) is 6.66 Å². The summed E-state index contributed by atoms with van der Waals surface area (Å²) in [6.45, 7) is 5.23. The van der Waals surface area contributed by atoms with Gasteiger partial charge in [0, 0.05) is 6.16 Å². The molecule has 1 N–H and O–H groups in total. The molecule has 0 aromatic heterocycles. The van der Waals surface area contributed by atoms with Crippen molar-refractivity contribution in [3.63, 3.8) is 0 Å². The van der Waals surface area contributed by atoms with Crippen molar-refractivity contribution in [3.8, 4) is 5.75 Å². The smallest absolute Gasteiger partial charge is 0.115 e. The monoisotopic (exact) mass is 196 g/mol. The number of phenols is 1. The van der Waals surface area contributed by atoms with E-state index in [0.29, 0.717) is 6.16 Å². The van der Waals surface area contributed by atoms with Gasteiger partial charge >= 0.3 is 0 Å². The predicted molar refractivity (Wildman–Crippen MR) is 55.5 cm³/mol. The Morgan fingerprint density at radius 1 is 1.46 bits per heavy atom. The first-order valence-electron chi connectivity index (χ1n) is 4.01. The van der Waals surface area contributed by atoms with Crippen molar-refractivity contribution in [1.29, 1.82) is 0 Å². The molecule has 0 saturated carbocycles. The van der Waals surface area contributed by atoms with Gasteiger partial charge in [-0.1, -0.05) is 18.7 Å². The Labute approximate surface area is 78.3 Å². The summed E-state index contributed by atoms with van der Waals surface area (Å²) >= 11 is 0. The maximum absolute atomic E-state index is 11.7. The third-order valence-corrected chi connectivity index (χ3v) is 3.58. The molecule has 0 saturated heterocycles. The quantitative estimate of drug-likeness (QED) is 0.754. The van der Waals surface area contributed by atoms with Gasteiger partial charge < -0.3 is 9.67 Å². The molecule has 0 heterocycles. The molecule has 1 aromatic carbocycles. The van der Waals surface area contributed by atoms with Gasteiger partial charge in [-0.2, -0.15) is 0 Å². The summed E-state index contributed by atoms with van der Waals surface area (Å²) in [6, 6.07) is 6.74. The summed E-state index contributed by atoms with van der Waals surface area (Å²) in [5.41, 5.74) is 0.962. The van der Waals surface area contributed by atoms with Crippen LogP contribution in [0.2, 0.25) is 0 Å². The van der Waals surface area contributed by atoms with Crippen LogP contribution in [0.3, 0.4) is 0 Å². The summed E-state index contributed by atoms with van der Waals surface area (Å²) in [4.78, 5) is 0. The van der Waals surface area contributed by atoms with Crippen LogP contribution in [-0.2, 0) is 10.7 Å². The van der Waals surface area contributed by atoms with Crippen LogP contribution >= 0.6 is 7.14 Å². The third kappa shape index (κ3) is 3.08. The van der Waals surface area contributed by atoms with Gasteiger partial charge in [0.2, 0.25) is 0 Å². The molecule has 2 nitrogen and oxygen atoms in total. The maximum atomic E-state index is 11.7. The molecule has 0 spiro atoms. The van der Waals surface area contributed by atoms with E-state index in [1.165, 1.54) is 5.82 Å². The molecule has 1 unspecified atom stereocenters. The number of benzene rings is 1. The minimum atomic E-state index is -2.23. The van der Waals surface area contributed by atoms with Crippen LogP contribution in [0.5, 0.6) is 5.75 Å². The zero-order valence-corrected chi connectivity index (χ0v) is 8.50. The van der Waals surface area contributed by atoms with E-state index in [4.69, 9.17) is 5.11 Å². The first kappa shape index (κ1) is 10.1. The van der Waals surface area contributed by atoms with Crippen molar-refractivity contribution in [2.24, 2.45) is 0 Å². The standard InChI is InChI=1S/C10H13O2P/c1-3-13(2,12)8-9-4-6-10(11)7-5-9/h3-7,11H,1,8H2,2H3. The molecular formula is C10H13O2P. The second-order valence-electron chi connectivity index (χ2n) is 3.18. The first-order chi connectivity index (χ1) is 6.03. The van der Waals surface area contributed by atoms with Gasteiger partial charge in [0.25, 0.3) is 0 Å². The number of hydrogen-bond acceptors (Lipinski definition) is 2. The van der Waals surface area contributed by atoms with Crippen molar-refractivity contribution < 1.29 is 9.67 Å². The van der Waals surface area contributed by atoms with Gasteiger partial charge in [0.1, 0.15) is 12.9 Å². The Morgan fingerprint density at radius 3 is 2.46 bits per heavy atom. The fourth-order valence-electron chi connectivity index (χ4n) is 1.03. The van der Waals surface area contributed by atoms with Crippen LogP contribution in [0.15, 0.2) is 36.7 Å². The van der Waals surface area contributed by atoms with Crippen LogP contribution in [-0.4, -0.2) is 11.8 Å². The van der Waals surface area contributed by atoms with Gasteiger partial charge in [0.05, 0.1) is 0 Å². The van der Waals surface area contributed by atoms with Gasteiger partial charge in [-0.05, 0) is 30.2 Å². The summed E-state index contributed by atoms with van der Waals surface area (Å²) in [5.74, 6) is 1.74. The number of rotatable bonds is 3. The molecule has 3 heteroatoms. The van der Waals surface area contributed by atoms with Gasteiger partial charge in [-0.15, -0.1) is 0 Å². The van der Waals surface area contributed by atoms with Crippen LogP contribution in [0.25, 0.3) is 0 Å². The molecule has 1 atom stereocenters. The lowest BCUT2D eigenvalue weighted by Crippen LogP contribution is -1.83. The lowest BCUT2D eigenvalue weighted by molar-refractivity contribution is 0.475. The van der Waals surface area contributed by atoms with Crippen molar-refractivity contribution in [3.05, 3.63) is 42.2 Å². The largest absolute Gasteiger partial charge is 0.508 e. The van der Waals surface area contributed by atoms with E-state index in [-0.39, 0.29) is 5.75 Å². The van der Waals surface area contributed by atoms with Crippen LogP contribution in [0.1, 0.15) is 5.56 Å². The van der Waals surface area contributed by atoms with Crippen LogP contribution in [0, 0.1) is 0 Å². The summed E-state index contributed by atoms with van der Waals surface area (Å²) < 4.78 is 11.7. The highest BCUT2D eigenvalue weighted by atomic mass is 31.2. The average molecular weight is 196 g/mol. The van der Waals surface area contributed by atoms with E-state index in [2.05, 4.69) is 6.58 Å². The SMILES string of the molecule is C=CP(C)(=O)Cc1ccc(O)cc1. The van der Waals surface area contributed by atoms with E-state index in [9.17, 15) is 4.57 Å². The number of aromatic hydroxyl groups is 1. The number of phenolic OH excluding ortho intramolecular Hbond substituents is 1. The highest BCUT2D eigenvalue weighted by molar-refractivity contribution is 7.65. The Bertz CT molecular complexity index is 340. The summed E-state index contributed by atoms with van der Waals surface area (Å²) in [5, 5.41) is 9.02. The molecule has 0 bridgehead atoms. The molecule has 70 valence electrons. The zero-order chi connectivity index (χ0) is 9.90. The van der Waals surface area contributed by atoms with Gasteiger partial charge in [0.15, 0.2) is 0 Å². The van der Waals surface area contributed by atoms with E-state index < -0.39 is 7.14 Å². The molecule has 0 fully saturated rings. The van der Waals surface area contributed by atoms with E-state index in [1.54, 1.807) is 30.9 Å². The lowest BCUT2D eigenvalue weighted by Gasteiger charge is -2.06. The highest BCUT2D eigenvalue weighted by Crippen LogP contribution is 2.45. The topological polar surface area (TPSA) is 37.3 Å². The summed E-state index contributed by atoms with van der Waals surface area (Å²) in [6.07, 6.45) is 0.511. The molecule has 0 aliphatic carbocycles. The summed E-state index contributed by atoms with van der Waals surface area (Å²) in [7, 11) is -2.23. The third-order valence-electron chi connectivity index (χ3n) is 1.82. The molecule has 1 rings (SSSR count). The Balaban J connectivity index is 2.81. The molecular weight excluding hydrogens is 183 g/mol. The zero-order valence-electron chi connectivity index (χ0n) is 7.60. The molecule has 1 aromatic rings. The molecule has 0 aliphatic rings. The fraction of sp³-hybridized carbons (Fsp3) is 0.200. The van der Waals surface area contributed by atoms with Crippen LogP contribution in [0.4, 0.5) is 0 Å². The second kappa shape index (κ2) is 3.80. The lowest BCUT2D eigenvalue weighted by atomic mass is 10.2. The van der Waals surface area contributed by atoms with E-state index >= 15 is 0 Å². The first-order valence-corrected chi connectivity index (χ1v) is 6.42. The molecule has 13 heavy (non-hydrogen) atoms. The Morgan fingerprint density at radius 2 is 2.00 bits per heavy atom. The number of hydrogen-bond donors (Lipinski definition) is 1. The second-order valence-corrected chi connectivity index (χ2v) is 6.21. The normalized spacial score (nSPS) is 14.8. The minimum Gasteiger partial charge on any atom is -0.508 e. The van der Waals surface area contributed by atoms with Crippen molar-refractivity contribution >= 4 is 7.14 Å². The molecule has 0 aliphatic heterocycles. The van der Waals surface area contributed by atoms with E-state index in [1.807, 2.05) is 0 Å². The van der Waals surface area contributed by atoms with Crippen LogP contribution < -0.4 is 0 Å². The van der Waals surface area contributed by atoms with Gasteiger partial charge in [-0.25, -0.2) is 0 Å². The fourth-order valence-corrected chi connectivity index (χ4v) is 2.09.